The fraction of sp³-hybridized carbons (Fsp3) is 0.400. The van der Waals surface area contributed by atoms with Gasteiger partial charge in [-0.05, 0) is 31.5 Å². The second-order valence-electron chi connectivity index (χ2n) is 5.57. The molecule has 12 heteroatoms. The third kappa shape index (κ3) is 6.21. The number of nitrogens with one attached hydrogen (secondary N) is 1. The minimum Gasteiger partial charge on any atom is -0.299 e. The Morgan fingerprint density at radius 1 is 1.30 bits per heavy atom. The van der Waals surface area contributed by atoms with Gasteiger partial charge in [0, 0.05) is 15.8 Å². The molecule has 0 aliphatic rings. The summed E-state index contributed by atoms with van der Waals surface area (Å²) in [5.41, 5.74) is 0.203. The van der Waals surface area contributed by atoms with Crippen molar-refractivity contribution in [2.45, 2.75) is 30.6 Å². The zero-order valence-corrected chi connectivity index (χ0v) is 18.7. The summed E-state index contributed by atoms with van der Waals surface area (Å²) in [7, 11) is -3.78. The molecule has 1 aromatic heterocycles. The predicted octanol–water partition coefficient (Wildman–Crippen LogP) is 4.14. The Balaban J connectivity index is 2.23. The van der Waals surface area contributed by atoms with Gasteiger partial charge in [0.15, 0.2) is 4.34 Å². The van der Waals surface area contributed by atoms with Gasteiger partial charge in [-0.1, -0.05) is 53.2 Å². The summed E-state index contributed by atoms with van der Waals surface area (Å²) < 4.78 is 26.3. The van der Waals surface area contributed by atoms with Gasteiger partial charge in [-0.25, -0.2) is 8.42 Å². The molecule has 1 N–H and O–H groups in total. The fourth-order valence-corrected chi connectivity index (χ4v) is 5.55. The smallest absolute Gasteiger partial charge is 0.249 e. The fourth-order valence-electron chi connectivity index (χ4n) is 2.19. The Labute approximate surface area is 176 Å². The summed E-state index contributed by atoms with van der Waals surface area (Å²) in [4.78, 5) is 12.6. The summed E-state index contributed by atoms with van der Waals surface area (Å²) in [6.07, 6.45) is 2.00. The number of hydrogen-bond donors (Lipinski definition) is 1. The van der Waals surface area contributed by atoms with Gasteiger partial charge in [-0.15, -0.1) is 10.2 Å². The molecular weight excluding hydrogens is 451 g/mol. The second-order valence-corrected chi connectivity index (χ2v) is 10.6. The minimum absolute atomic E-state index is 0.203. The van der Waals surface area contributed by atoms with Crippen LogP contribution in [0.5, 0.6) is 0 Å². The van der Waals surface area contributed by atoms with E-state index >= 15 is 0 Å². The second kappa shape index (κ2) is 9.42. The van der Waals surface area contributed by atoms with Gasteiger partial charge in [-0.2, -0.15) is 0 Å². The highest BCUT2D eigenvalue weighted by Gasteiger charge is 2.30. The van der Waals surface area contributed by atoms with Crippen molar-refractivity contribution >= 4 is 73.0 Å². The van der Waals surface area contributed by atoms with Crippen molar-refractivity contribution in [3.8, 4) is 0 Å². The highest BCUT2D eigenvalue weighted by molar-refractivity contribution is 8.01. The monoisotopic (exact) mass is 468 g/mol. The first kappa shape index (κ1) is 22.2. The first-order chi connectivity index (χ1) is 12.6. The molecule has 0 radical (unpaired) electrons. The van der Waals surface area contributed by atoms with E-state index in [0.717, 1.165) is 27.1 Å². The maximum Gasteiger partial charge on any atom is 0.249 e. The van der Waals surface area contributed by atoms with Crippen molar-refractivity contribution in [3.05, 3.63) is 28.2 Å². The molecule has 0 saturated heterocycles. The van der Waals surface area contributed by atoms with Crippen LogP contribution >= 0.6 is 46.3 Å². The van der Waals surface area contributed by atoms with Gasteiger partial charge in [0.2, 0.25) is 21.1 Å². The molecule has 0 spiro atoms. The Bertz CT molecular complexity index is 901. The molecule has 0 unspecified atom stereocenters. The first-order valence-electron chi connectivity index (χ1n) is 7.84. The average molecular weight is 469 g/mol. The zero-order valence-electron chi connectivity index (χ0n) is 14.8. The lowest BCUT2D eigenvalue weighted by molar-refractivity contribution is -0.116. The van der Waals surface area contributed by atoms with Crippen LogP contribution in [0.25, 0.3) is 0 Å². The number of hydrogen-bond acceptors (Lipinski definition) is 7. The van der Waals surface area contributed by atoms with Crippen LogP contribution < -0.4 is 9.62 Å². The maximum atomic E-state index is 12.6. The molecule has 1 aromatic carbocycles. The van der Waals surface area contributed by atoms with Gasteiger partial charge in [0.05, 0.1) is 11.9 Å². The number of sulfonamides is 1. The number of carbonyl (C=O) groups excluding carboxylic acids is 1. The van der Waals surface area contributed by atoms with Crippen LogP contribution in [0.15, 0.2) is 22.5 Å². The summed E-state index contributed by atoms with van der Waals surface area (Å²) >= 11 is 14.7. The van der Waals surface area contributed by atoms with Gasteiger partial charge < -0.3 is 0 Å². The van der Waals surface area contributed by atoms with Gasteiger partial charge in [-0.3, -0.25) is 14.4 Å². The molecule has 0 fully saturated rings. The van der Waals surface area contributed by atoms with Crippen molar-refractivity contribution in [1.29, 1.82) is 0 Å². The number of thioether (sulfide) groups is 1. The SMILES string of the molecule is CCCSc1nnc(NC(=O)[C@H](C)N(c2cc(Cl)cc(Cl)c2)S(C)(=O)=O)s1. The first-order valence-corrected chi connectivity index (χ1v) is 12.2. The largest absolute Gasteiger partial charge is 0.299 e. The number of benzene rings is 1. The Kier molecular flexibility index (Phi) is 7.75. The Hall–Kier alpha value is -1.07. The lowest BCUT2D eigenvalue weighted by atomic mass is 10.2. The van der Waals surface area contributed by atoms with E-state index < -0.39 is 22.0 Å². The quantitative estimate of drug-likeness (QED) is 0.462. The van der Waals surface area contributed by atoms with E-state index in [-0.39, 0.29) is 15.7 Å². The number of nitrogens with zero attached hydrogens (tertiary/aromatic N) is 3. The highest BCUT2D eigenvalue weighted by atomic mass is 35.5. The lowest BCUT2D eigenvalue weighted by Gasteiger charge is -2.28. The number of carbonyl (C=O) groups is 1. The summed E-state index contributed by atoms with van der Waals surface area (Å²) in [5.74, 6) is 0.357. The van der Waals surface area contributed by atoms with Crippen LogP contribution in [0.4, 0.5) is 10.8 Å². The van der Waals surface area contributed by atoms with Gasteiger partial charge in [0.25, 0.3) is 0 Å². The van der Waals surface area contributed by atoms with Crippen LogP contribution in [0.2, 0.25) is 10.0 Å². The van der Waals surface area contributed by atoms with E-state index in [4.69, 9.17) is 23.2 Å². The topological polar surface area (TPSA) is 92.3 Å². The molecule has 27 heavy (non-hydrogen) atoms. The molecular formula is C15H18Cl2N4O3S3. The van der Waals surface area contributed by atoms with Gasteiger partial charge >= 0.3 is 0 Å². The van der Waals surface area contributed by atoms with Crippen molar-refractivity contribution < 1.29 is 13.2 Å². The molecule has 0 aliphatic carbocycles. The summed E-state index contributed by atoms with van der Waals surface area (Å²) in [6, 6.07) is 3.30. The number of amides is 1. The highest BCUT2D eigenvalue weighted by Crippen LogP contribution is 2.30. The summed E-state index contributed by atoms with van der Waals surface area (Å²) in [5, 5.41) is 11.4. The maximum absolute atomic E-state index is 12.6. The molecule has 7 nitrogen and oxygen atoms in total. The van der Waals surface area contributed by atoms with Crippen molar-refractivity contribution in [2.24, 2.45) is 0 Å². The molecule has 0 bridgehead atoms. The van der Waals surface area contributed by atoms with E-state index in [0.29, 0.717) is 5.13 Å². The molecule has 0 aliphatic heterocycles. The number of rotatable bonds is 8. The molecule has 1 amide bonds. The average Bonchev–Trinajstić information content (AvgIpc) is 2.98. The van der Waals surface area contributed by atoms with E-state index in [9.17, 15) is 13.2 Å². The predicted molar refractivity (Wildman–Crippen MR) is 113 cm³/mol. The molecule has 1 atom stereocenters. The van der Waals surface area contributed by atoms with Crippen molar-refractivity contribution in [2.75, 3.05) is 21.6 Å². The minimum atomic E-state index is -3.78. The van der Waals surface area contributed by atoms with E-state index in [1.807, 2.05) is 0 Å². The van der Waals surface area contributed by atoms with E-state index in [1.54, 1.807) is 11.8 Å². The standard InChI is InChI=1S/C15H18Cl2N4O3S3/c1-4-5-25-15-20-19-14(26-15)18-13(22)9(2)21(27(3,23)24)12-7-10(16)6-11(17)8-12/h6-9H,4-5H2,1-3H3,(H,18,19,22)/t9-/m0/s1. The Morgan fingerprint density at radius 3 is 2.48 bits per heavy atom. The molecule has 148 valence electrons. The third-order valence-corrected chi connectivity index (χ3v) is 7.11. The number of anilines is 2. The lowest BCUT2D eigenvalue weighted by Crippen LogP contribution is -2.45. The molecule has 2 aromatic rings. The third-order valence-electron chi connectivity index (χ3n) is 3.26. The van der Waals surface area contributed by atoms with Crippen molar-refractivity contribution in [3.63, 3.8) is 0 Å². The van der Waals surface area contributed by atoms with Crippen LogP contribution in [0.1, 0.15) is 20.3 Å². The van der Waals surface area contributed by atoms with Crippen LogP contribution in [-0.4, -0.2) is 42.6 Å². The number of halogens is 2. The molecule has 1 heterocycles. The summed E-state index contributed by atoms with van der Waals surface area (Å²) in [6.45, 7) is 3.53. The van der Waals surface area contributed by atoms with Crippen LogP contribution in [0.3, 0.4) is 0 Å². The zero-order chi connectivity index (χ0) is 20.2. The molecule has 2 rings (SSSR count). The normalized spacial score (nSPS) is 12.6. The molecule has 0 saturated carbocycles. The number of aromatic nitrogens is 2. The van der Waals surface area contributed by atoms with E-state index in [1.165, 1.54) is 36.5 Å². The van der Waals surface area contributed by atoms with E-state index in [2.05, 4.69) is 22.4 Å². The Morgan fingerprint density at radius 2 is 1.93 bits per heavy atom. The van der Waals surface area contributed by atoms with Crippen LogP contribution in [-0.2, 0) is 14.8 Å². The van der Waals surface area contributed by atoms with Gasteiger partial charge in [0.1, 0.15) is 6.04 Å². The van der Waals surface area contributed by atoms with Crippen molar-refractivity contribution in [1.82, 2.24) is 10.2 Å². The van der Waals surface area contributed by atoms with Crippen LogP contribution in [0, 0.1) is 0 Å².